The Balaban J connectivity index is 1.34. The third kappa shape index (κ3) is 3.94. The van der Waals surface area contributed by atoms with Gasteiger partial charge in [0.2, 0.25) is 11.8 Å². The van der Waals surface area contributed by atoms with E-state index in [-0.39, 0.29) is 23.4 Å². The zero-order chi connectivity index (χ0) is 23.1. The van der Waals surface area contributed by atoms with Crippen LogP contribution in [0.15, 0.2) is 35.3 Å². The molecule has 0 spiro atoms. The number of aryl methyl sites for hydroxylation is 2. The molecular formula is C25H29N5O3. The van der Waals surface area contributed by atoms with Crippen LogP contribution >= 0.6 is 0 Å². The molecule has 2 aliphatic heterocycles. The zero-order valence-corrected chi connectivity index (χ0v) is 19.1. The van der Waals surface area contributed by atoms with E-state index in [0.29, 0.717) is 56.0 Å². The molecule has 0 bridgehead atoms. The van der Waals surface area contributed by atoms with E-state index in [4.69, 9.17) is 4.98 Å². The summed E-state index contributed by atoms with van der Waals surface area (Å²) in [6.07, 6.45) is 5.35. The maximum atomic E-state index is 13.2. The number of hydrogen-bond acceptors (Lipinski definition) is 4. The lowest BCUT2D eigenvalue weighted by molar-refractivity contribution is -0.132. The third-order valence-electron chi connectivity index (χ3n) is 7.01. The van der Waals surface area contributed by atoms with Gasteiger partial charge in [0, 0.05) is 56.1 Å². The van der Waals surface area contributed by atoms with Crippen LogP contribution in [0.4, 0.5) is 0 Å². The summed E-state index contributed by atoms with van der Waals surface area (Å²) < 4.78 is 2.10. The maximum Gasteiger partial charge on any atom is 0.254 e. The Morgan fingerprint density at radius 1 is 1.21 bits per heavy atom. The van der Waals surface area contributed by atoms with Crippen LogP contribution in [0.3, 0.4) is 0 Å². The van der Waals surface area contributed by atoms with E-state index in [0.717, 1.165) is 18.4 Å². The first kappa shape index (κ1) is 21.4. The van der Waals surface area contributed by atoms with Crippen molar-refractivity contribution >= 4 is 22.7 Å². The third-order valence-corrected chi connectivity index (χ3v) is 7.01. The predicted octanol–water partition coefficient (Wildman–Crippen LogP) is 2.46. The van der Waals surface area contributed by atoms with E-state index in [1.54, 1.807) is 4.90 Å². The fourth-order valence-corrected chi connectivity index (χ4v) is 5.24. The highest BCUT2D eigenvalue weighted by atomic mass is 16.2. The first-order valence-corrected chi connectivity index (χ1v) is 11.6. The number of para-hydroxylation sites is 1. The van der Waals surface area contributed by atoms with Gasteiger partial charge in [0.25, 0.3) is 5.56 Å². The van der Waals surface area contributed by atoms with E-state index in [1.807, 2.05) is 24.1 Å². The number of nitrogens with zero attached hydrogens (tertiary/aromatic N) is 4. The topological polar surface area (TPSA) is 91.3 Å². The Hall–Kier alpha value is -3.42. The molecule has 2 aromatic heterocycles. The number of nitrogens with one attached hydrogen (secondary N) is 1. The molecule has 8 heteroatoms. The molecule has 2 aliphatic rings. The summed E-state index contributed by atoms with van der Waals surface area (Å²) in [6.45, 7) is 3.09. The van der Waals surface area contributed by atoms with Crippen LogP contribution in [0.2, 0.25) is 0 Å². The standard InChI is InChI=1S/C25H29N5O3/c1-16(31)29-13-11-19-20(15-29)26-24(27-25(19)33)22-8-5-12-30(22)23(32)10-9-17-14-28(2)21-7-4-3-6-18(17)21/h3-4,6-7,14,22H,5,8-13,15H2,1-2H3,(H,26,27,33). The summed E-state index contributed by atoms with van der Waals surface area (Å²) in [7, 11) is 2.02. The van der Waals surface area contributed by atoms with Crippen molar-refractivity contribution in [1.82, 2.24) is 24.3 Å². The minimum absolute atomic E-state index is 0.0182. The molecule has 172 valence electrons. The van der Waals surface area contributed by atoms with Crippen molar-refractivity contribution < 1.29 is 9.59 Å². The van der Waals surface area contributed by atoms with Crippen molar-refractivity contribution in [2.24, 2.45) is 7.05 Å². The second kappa shape index (κ2) is 8.50. The largest absolute Gasteiger partial charge is 0.350 e. The van der Waals surface area contributed by atoms with Gasteiger partial charge in [-0.15, -0.1) is 0 Å². The number of benzene rings is 1. The first-order valence-electron chi connectivity index (χ1n) is 11.6. The minimum atomic E-state index is -0.226. The molecule has 0 aliphatic carbocycles. The molecule has 1 unspecified atom stereocenters. The number of aromatic nitrogens is 3. The van der Waals surface area contributed by atoms with E-state index in [9.17, 15) is 14.4 Å². The Morgan fingerprint density at radius 3 is 2.85 bits per heavy atom. The molecule has 5 rings (SSSR count). The summed E-state index contributed by atoms with van der Waals surface area (Å²) in [5.41, 5.74) is 3.50. The molecule has 4 heterocycles. The summed E-state index contributed by atoms with van der Waals surface area (Å²) in [4.78, 5) is 49.0. The highest BCUT2D eigenvalue weighted by Crippen LogP contribution is 2.31. The van der Waals surface area contributed by atoms with Gasteiger partial charge < -0.3 is 19.4 Å². The number of aromatic amines is 1. The van der Waals surface area contributed by atoms with Crippen LogP contribution < -0.4 is 5.56 Å². The van der Waals surface area contributed by atoms with Gasteiger partial charge in [-0.1, -0.05) is 18.2 Å². The number of hydrogen-bond donors (Lipinski definition) is 1. The number of likely N-dealkylation sites (tertiary alicyclic amines) is 1. The van der Waals surface area contributed by atoms with Crippen molar-refractivity contribution in [2.45, 2.75) is 51.6 Å². The van der Waals surface area contributed by atoms with Gasteiger partial charge in [-0.25, -0.2) is 4.98 Å². The van der Waals surface area contributed by atoms with Crippen LogP contribution in [-0.2, 0) is 36.0 Å². The van der Waals surface area contributed by atoms with Crippen molar-refractivity contribution in [2.75, 3.05) is 13.1 Å². The van der Waals surface area contributed by atoms with Gasteiger partial charge in [0.15, 0.2) is 0 Å². The average molecular weight is 448 g/mol. The fourth-order valence-electron chi connectivity index (χ4n) is 5.24. The molecule has 33 heavy (non-hydrogen) atoms. The summed E-state index contributed by atoms with van der Waals surface area (Å²) in [6, 6.07) is 8.00. The van der Waals surface area contributed by atoms with Crippen LogP contribution in [0.25, 0.3) is 10.9 Å². The molecule has 1 atom stereocenters. The predicted molar refractivity (Wildman–Crippen MR) is 125 cm³/mol. The lowest BCUT2D eigenvalue weighted by Gasteiger charge is -2.28. The van der Waals surface area contributed by atoms with E-state index >= 15 is 0 Å². The van der Waals surface area contributed by atoms with Crippen molar-refractivity contribution in [3.05, 3.63) is 63.5 Å². The number of H-pyrrole nitrogens is 1. The number of carbonyl (C=O) groups excluding carboxylic acids is 2. The number of fused-ring (bicyclic) bond motifs is 2. The Bertz CT molecular complexity index is 1290. The number of rotatable bonds is 4. The van der Waals surface area contributed by atoms with Gasteiger partial charge in [0.1, 0.15) is 5.82 Å². The number of carbonyl (C=O) groups is 2. The molecule has 1 N–H and O–H groups in total. The first-order chi connectivity index (χ1) is 15.9. The van der Waals surface area contributed by atoms with Gasteiger partial charge >= 0.3 is 0 Å². The summed E-state index contributed by atoms with van der Waals surface area (Å²) >= 11 is 0. The Kier molecular flexibility index (Phi) is 5.52. The molecule has 2 amide bonds. The maximum absolute atomic E-state index is 13.2. The smallest absolute Gasteiger partial charge is 0.254 e. The highest BCUT2D eigenvalue weighted by molar-refractivity contribution is 5.85. The normalized spacial score (nSPS) is 18.1. The van der Waals surface area contributed by atoms with Crippen LogP contribution in [0.1, 0.15) is 54.9 Å². The van der Waals surface area contributed by atoms with Gasteiger partial charge in [-0.2, -0.15) is 0 Å². The van der Waals surface area contributed by atoms with E-state index in [2.05, 4.69) is 27.9 Å². The quantitative estimate of drug-likeness (QED) is 0.665. The molecule has 8 nitrogen and oxygen atoms in total. The van der Waals surface area contributed by atoms with E-state index < -0.39 is 0 Å². The van der Waals surface area contributed by atoms with Crippen molar-refractivity contribution in [3.63, 3.8) is 0 Å². The van der Waals surface area contributed by atoms with Crippen LogP contribution in [-0.4, -0.2) is 49.2 Å². The molecule has 0 saturated carbocycles. The van der Waals surface area contributed by atoms with Crippen LogP contribution in [0, 0.1) is 0 Å². The average Bonchev–Trinajstić information content (AvgIpc) is 3.42. The Labute approximate surface area is 192 Å². The van der Waals surface area contributed by atoms with E-state index in [1.165, 1.54) is 17.9 Å². The lowest BCUT2D eigenvalue weighted by Crippen LogP contribution is -2.39. The highest BCUT2D eigenvalue weighted by Gasteiger charge is 2.33. The fraction of sp³-hybridized carbons (Fsp3) is 0.440. The molecule has 1 aromatic carbocycles. The molecular weight excluding hydrogens is 418 g/mol. The minimum Gasteiger partial charge on any atom is -0.350 e. The second-order valence-corrected chi connectivity index (χ2v) is 9.09. The SMILES string of the molecule is CC(=O)N1CCc2c(nc(C3CCCN3C(=O)CCc3cn(C)c4ccccc34)[nH]c2=O)C1. The van der Waals surface area contributed by atoms with Crippen molar-refractivity contribution in [3.8, 4) is 0 Å². The monoisotopic (exact) mass is 447 g/mol. The number of amides is 2. The molecule has 1 fully saturated rings. The van der Waals surface area contributed by atoms with Gasteiger partial charge in [0.05, 0.1) is 18.3 Å². The molecule has 0 radical (unpaired) electrons. The summed E-state index contributed by atoms with van der Waals surface area (Å²) in [5.74, 6) is 0.603. The second-order valence-electron chi connectivity index (χ2n) is 9.09. The molecule has 3 aromatic rings. The summed E-state index contributed by atoms with van der Waals surface area (Å²) in [5, 5.41) is 1.18. The van der Waals surface area contributed by atoms with Crippen molar-refractivity contribution in [1.29, 1.82) is 0 Å². The zero-order valence-electron chi connectivity index (χ0n) is 19.1. The molecule has 1 saturated heterocycles. The van der Waals surface area contributed by atoms with Crippen LogP contribution in [0.5, 0.6) is 0 Å². The van der Waals surface area contributed by atoms with Gasteiger partial charge in [-0.3, -0.25) is 14.4 Å². The lowest BCUT2D eigenvalue weighted by atomic mass is 10.1. The Morgan fingerprint density at radius 2 is 2.03 bits per heavy atom. The van der Waals surface area contributed by atoms with Gasteiger partial charge in [-0.05, 0) is 37.3 Å².